The van der Waals surface area contributed by atoms with Gasteiger partial charge in [0.1, 0.15) is 5.69 Å². The number of aromatic nitrogens is 2. The summed E-state index contributed by atoms with van der Waals surface area (Å²) in [6.07, 6.45) is 3.41. The molecule has 6 nitrogen and oxygen atoms in total. The number of rotatable bonds is 3. The fourth-order valence-corrected chi connectivity index (χ4v) is 2.11. The zero-order chi connectivity index (χ0) is 11.8. The van der Waals surface area contributed by atoms with Crippen LogP contribution in [-0.2, 0) is 6.54 Å². The normalized spacial score (nSPS) is 17.4. The topological polar surface area (TPSA) is 79.5 Å². The van der Waals surface area contributed by atoms with Gasteiger partial charge in [0.25, 0.3) is 0 Å². The minimum atomic E-state index is -0.131. The van der Waals surface area contributed by atoms with Gasteiger partial charge in [0.05, 0.1) is 36.6 Å². The molecule has 6 heteroatoms. The van der Waals surface area contributed by atoms with Gasteiger partial charge in [0, 0.05) is 13.1 Å². The third-order valence-corrected chi connectivity index (χ3v) is 2.87. The third-order valence-electron chi connectivity index (χ3n) is 2.87. The summed E-state index contributed by atoms with van der Waals surface area (Å²) in [6.45, 7) is 1.81. The molecule has 1 aliphatic carbocycles. The summed E-state index contributed by atoms with van der Waals surface area (Å²) in [4.78, 5) is 20.6. The summed E-state index contributed by atoms with van der Waals surface area (Å²) < 4.78 is 1.95. The maximum atomic E-state index is 12.1. The minimum absolute atomic E-state index is 0.0155. The largest absolute Gasteiger partial charge is 0.395 e. The zero-order valence-electron chi connectivity index (χ0n) is 9.18. The first-order chi connectivity index (χ1) is 8.31. The van der Waals surface area contributed by atoms with Crippen molar-refractivity contribution in [1.82, 2.24) is 14.9 Å². The van der Waals surface area contributed by atoms with Gasteiger partial charge in [-0.1, -0.05) is 0 Å². The lowest BCUT2D eigenvalue weighted by atomic mass is 10.0. The molecule has 0 atom stereocenters. The van der Waals surface area contributed by atoms with Crippen molar-refractivity contribution in [3.8, 4) is 0 Å². The molecule has 0 saturated heterocycles. The van der Waals surface area contributed by atoms with Gasteiger partial charge in [-0.25, -0.2) is 4.98 Å². The standard InChI is InChI=1S/C11H12N4O2/c16-4-2-13-8-5-7-10-9(11(8)17)14-6-15(10)3-1-12-7/h5-6,13,16H,1-4H2. The van der Waals surface area contributed by atoms with Crippen LogP contribution in [0.5, 0.6) is 0 Å². The molecule has 1 aliphatic heterocycles. The Kier molecular flexibility index (Phi) is 2.29. The first-order valence-corrected chi connectivity index (χ1v) is 5.52. The second kappa shape index (κ2) is 3.81. The average molecular weight is 232 g/mol. The Labute approximate surface area is 97.7 Å². The van der Waals surface area contributed by atoms with E-state index in [1.165, 1.54) is 0 Å². The molecule has 1 aromatic heterocycles. The lowest BCUT2D eigenvalue weighted by Crippen LogP contribution is -2.31. The van der Waals surface area contributed by atoms with E-state index in [9.17, 15) is 4.79 Å². The first-order valence-electron chi connectivity index (χ1n) is 5.52. The van der Waals surface area contributed by atoms with Gasteiger partial charge in [0.15, 0.2) is 0 Å². The van der Waals surface area contributed by atoms with Gasteiger partial charge in [-0.15, -0.1) is 0 Å². The van der Waals surface area contributed by atoms with Gasteiger partial charge in [0.2, 0.25) is 5.78 Å². The number of allylic oxidation sites excluding steroid dienone is 2. The number of hydrogen-bond acceptors (Lipinski definition) is 5. The summed E-state index contributed by atoms with van der Waals surface area (Å²) in [6, 6.07) is 0. The molecule has 17 heavy (non-hydrogen) atoms. The molecule has 0 spiro atoms. The van der Waals surface area contributed by atoms with Gasteiger partial charge in [-0.05, 0) is 6.08 Å². The van der Waals surface area contributed by atoms with Gasteiger partial charge >= 0.3 is 0 Å². The number of nitrogens with one attached hydrogen (secondary N) is 1. The fourth-order valence-electron chi connectivity index (χ4n) is 2.11. The van der Waals surface area contributed by atoms with Crippen LogP contribution in [0.4, 0.5) is 0 Å². The van der Waals surface area contributed by atoms with Crippen molar-refractivity contribution in [2.75, 3.05) is 19.7 Å². The SMILES string of the molecule is O=C1C(NCCO)=CC2=NCCn3cnc1c32. The molecule has 0 amide bonds. The van der Waals surface area contributed by atoms with Crippen molar-refractivity contribution in [2.24, 2.45) is 4.99 Å². The number of carbonyl (C=O) groups excluding carboxylic acids is 1. The molecule has 0 aromatic carbocycles. The molecule has 2 aliphatic rings. The Morgan fingerprint density at radius 2 is 2.41 bits per heavy atom. The molecule has 2 heterocycles. The Balaban J connectivity index is 2.04. The molecule has 88 valence electrons. The molecule has 0 saturated carbocycles. The van der Waals surface area contributed by atoms with E-state index in [1.807, 2.05) is 4.57 Å². The molecular formula is C11H12N4O2. The van der Waals surface area contributed by atoms with Gasteiger partial charge in [-0.2, -0.15) is 0 Å². The van der Waals surface area contributed by atoms with Crippen LogP contribution in [0.1, 0.15) is 16.2 Å². The van der Waals surface area contributed by atoms with Crippen LogP contribution in [0, 0.1) is 0 Å². The van der Waals surface area contributed by atoms with Crippen molar-refractivity contribution in [3.05, 3.63) is 29.5 Å². The van der Waals surface area contributed by atoms with E-state index in [2.05, 4.69) is 15.3 Å². The Hall–Kier alpha value is -1.95. The van der Waals surface area contributed by atoms with E-state index < -0.39 is 0 Å². The monoisotopic (exact) mass is 232 g/mol. The number of aliphatic hydroxyl groups is 1. The van der Waals surface area contributed by atoms with Crippen molar-refractivity contribution < 1.29 is 9.90 Å². The molecule has 0 fully saturated rings. The van der Waals surface area contributed by atoms with Crippen molar-refractivity contribution in [3.63, 3.8) is 0 Å². The highest BCUT2D eigenvalue weighted by Crippen LogP contribution is 2.21. The number of aliphatic imine (C=N–C) groups is 1. The van der Waals surface area contributed by atoms with Crippen molar-refractivity contribution >= 4 is 11.5 Å². The maximum absolute atomic E-state index is 12.1. The predicted octanol–water partition coefficient (Wildman–Crippen LogP) is -0.652. The molecule has 1 aromatic rings. The van der Waals surface area contributed by atoms with Gasteiger partial charge in [-0.3, -0.25) is 9.79 Å². The smallest absolute Gasteiger partial charge is 0.229 e. The number of carbonyl (C=O) groups is 1. The first kappa shape index (κ1) is 10.2. The molecule has 0 bridgehead atoms. The van der Waals surface area contributed by atoms with Crippen LogP contribution in [0.25, 0.3) is 0 Å². The van der Waals surface area contributed by atoms with E-state index in [4.69, 9.17) is 5.11 Å². The van der Waals surface area contributed by atoms with E-state index >= 15 is 0 Å². The van der Waals surface area contributed by atoms with Crippen molar-refractivity contribution in [2.45, 2.75) is 6.54 Å². The summed E-state index contributed by atoms with van der Waals surface area (Å²) in [5.74, 6) is -0.131. The van der Waals surface area contributed by atoms with Gasteiger partial charge < -0.3 is 15.0 Å². The molecule has 3 rings (SSSR count). The molecule has 0 unspecified atom stereocenters. The number of hydrogen-bond donors (Lipinski definition) is 2. The van der Waals surface area contributed by atoms with Crippen LogP contribution in [0.15, 0.2) is 23.1 Å². The Morgan fingerprint density at radius 3 is 3.24 bits per heavy atom. The van der Waals surface area contributed by atoms with Crippen LogP contribution in [0.2, 0.25) is 0 Å². The number of imidazole rings is 1. The zero-order valence-corrected chi connectivity index (χ0v) is 9.18. The highest BCUT2D eigenvalue weighted by molar-refractivity contribution is 6.24. The summed E-state index contributed by atoms with van der Waals surface area (Å²) in [5, 5.41) is 11.7. The second-order valence-corrected chi connectivity index (χ2v) is 3.94. The van der Waals surface area contributed by atoms with E-state index in [0.29, 0.717) is 24.5 Å². The van der Waals surface area contributed by atoms with Crippen molar-refractivity contribution in [1.29, 1.82) is 0 Å². The number of aliphatic hydroxyl groups excluding tert-OH is 1. The fraction of sp³-hybridized carbons (Fsp3) is 0.364. The predicted molar refractivity (Wildman–Crippen MR) is 61.1 cm³/mol. The second-order valence-electron chi connectivity index (χ2n) is 3.94. The number of nitrogens with zero attached hydrogens (tertiary/aromatic N) is 3. The van der Waals surface area contributed by atoms with E-state index in [0.717, 1.165) is 18.0 Å². The quantitative estimate of drug-likeness (QED) is 0.725. The summed E-state index contributed by atoms with van der Waals surface area (Å²) in [5.41, 5.74) is 2.52. The molecule has 0 radical (unpaired) electrons. The third kappa shape index (κ3) is 1.49. The number of Topliss-reactive ketones (excluding diaryl/α,β-unsaturated/α-hetero) is 1. The Bertz CT molecular complexity index is 542. The highest BCUT2D eigenvalue weighted by Gasteiger charge is 2.30. The van der Waals surface area contributed by atoms with Crippen LogP contribution in [-0.4, -0.2) is 45.8 Å². The minimum Gasteiger partial charge on any atom is -0.395 e. The van der Waals surface area contributed by atoms with E-state index in [-0.39, 0.29) is 12.4 Å². The molecule has 2 N–H and O–H groups in total. The molecular weight excluding hydrogens is 220 g/mol. The average Bonchev–Trinajstić information content (AvgIpc) is 2.78. The maximum Gasteiger partial charge on any atom is 0.229 e. The lowest BCUT2D eigenvalue weighted by molar-refractivity contribution is 0.102. The van der Waals surface area contributed by atoms with Crippen LogP contribution < -0.4 is 5.32 Å². The van der Waals surface area contributed by atoms with Crippen LogP contribution >= 0.6 is 0 Å². The summed E-state index contributed by atoms with van der Waals surface area (Å²) >= 11 is 0. The summed E-state index contributed by atoms with van der Waals surface area (Å²) in [7, 11) is 0. The Morgan fingerprint density at radius 1 is 1.53 bits per heavy atom. The number of ketones is 1. The lowest BCUT2D eigenvalue weighted by Gasteiger charge is -2.19. The van der Waals surface area contributed by atoms with E-state index in [1.54, 1.807) is 12.4 Å². The highest BCUT2D eigenvalue weighted by atomic mass is 16.3. The van der Waals surface area contributed by atoms with Crippen LogP contribution in [0.3, 0.4) is 0 Å².